The fourth-order valence-electron chi connectivity index (χ4n) is 3.40. The Balaban J connectivity index is 1.70. The number of nitrogens with one attached hydrogen (secondary N) is 1. The Morgan fingerprint density at radius 1 is 1.10 bits per heavy atom. The molecule has 1 N–H and O–H groups in total. The van der Waals surface area contributed by atoms with Crippen molar-refractivity contribution in [1.82, 2.24) is 19.6 Å². The molecule has 7 nitrogen and oxygen atoms in total. The van der Waals surface area contributed by atoms with Gasteiger partial charge in [-0.3, -0.25) is 18.9 Å². The van der Waals surface area contributed by atoms with Crippen molar-refractivity contribution >= 4 is 17.6 Å². The van der Waals surface area contributed by atoms with Gasteiger partial charge in [-0.15, -0.1) is 0 Å². The second-order valence-corrected chi connectivity index (χ2v) is 7.09. The van der Waals surface area contributed by atoms with Crippen LogP contribution in [0, 0.1) is 18.6 Å². The van der Waals surface area contributed by atoms with Crippen molar-refractivity contribution in [2.75, 3.05) is 0 Å². The lowest BCUT2D eigenvalue weighted by atomic mass is 9.91. The quantitative estimate of drug-likeness (QED) is 0.686. The van der Waals surface area contributed by atoms with Crippen LogP contribution in [0.2, 0.25) is 0 Å². The standard InChI is InChI=1S/C20H16F2N4O3/c1-11-3-6-16-23-13(8-17(27)25(16)9-11)10-26-18(28)20(2,24-19(26)29)14-7-12(21)4-5-15(14)22/h3-9H,10H2,1-2H3,(H,24,29). The molecular formula is C20H16F2N4O3. The molecular weight excluding hydrogens is 382 g/mol. The maximum atomic E-state index is 14.2. The molecule has 0 aliphatic carbocycles. The highest BCUT2D eigenvalue weighted by Gasteiger charge is 2.50. The number of fused-ring (bicyclic) bond motifs is 1. The lowest BCUT2D eigenvalue weighted by Crippen LogP contribution is -2.41. The summed E-state index contributed by atoms with van der Waals surface area (Å²) >= 11 is 0. The number of urea groups is 1. The maximum absolute atomic E-state index is 14.2. The van der Waals surface area contributed by atoms with E-state index >= 15 is 0 Å². The summed E-state index contributed by atoms with van der Waals surface area (Å²) in [5.74, 6) is -2.32. The van der Waals surface area contributed by atoms with Gasteiger partial charge in [-0.2, -0.15) is 0 Å². The second-order valence-electron chi connectivity index (χ2n) is 7.09. The maximum Gasteiger partial charge on any atom is 0.325 e. The van der Waals surface area contributed by atoms with Gasteiger partial charge >= 0.3 is 6.03 Å². The van der Waals surface area contributed by atoms with Crippen molar-refractivity contribution in [1.29, 1.82) is 0 Å². The Bertz CT molecular complexity index is 1240. The largest absolute Gasteiger partial charge is 0.325 e. The molecule has 1 aliphatic heterocycles. The average Bonchev–Trinajstić information content (AvgIpc) is 2.88. The number of nitrogens with zero attached hydrogens (tertiary/aromatic N) is 3. The van der Waals surface area contributed by atoms with Crippen LogP contribution in [-0.4, -0.2) is 26.2 Å². The number of hydrogen-bond acceptors (Lipinski definition) is 4. The molecule has 1 aliphatic rings. The van der Waals surface area contributed by atoms with E-state index in [9.17, 15) is 23.2 Å². The minimum Gasteiger partial charge on any atom is -0.319 e. The molecule has 3 aromatic rings. The van der Waals surface area contributed by atoms with Gasteiger partial charge in [0.05, 0.1) is 12.2 Å². The Morgan fingerprint density at radius 3 is 2.62 bits per heavy atom. The molecule has 2 aromatic heterocycles. The number of imide groups is 1. The van der Waals surface area contributed by atoms with E-state index in [2.05, 4.69) is 10.3 Å². The molecule has 3 heterocycles. The van der Waals surface area contributed by atoms with E-state index in [-0.39, 0.29) is 23.4 Å². The van der Waals surface area contributed by atoms with Crippen LogP contribution in [0.4, 0.5) is 13.6 Å². The Morgan fingerprint density at radius 2 is 1.86 bits per heavy atom. The second kappa shape index (κ2) is 6.47. The molecule has 148 valence electrons. The number of aryl methyl sites for hydroxylation is 1. The first kappa shape index (κ1) is 18.7. The molecule has 29 heavy (non-hydrogen) atoms. The van der Waals surface area contributed by atoms with Gasteiger partial charge in [0, 0.05) is 17.8 Å². The number of hydrogen-bond donors (Lipinski definition) is 1. The van der Waals surface area contributed by atoms with Crippen molar-refractivity contribution in [3.63, 3.8) is 0 Å². The highest BCUT2D eigenvalue weighted by molar-refractivity contribution is 6.07. The smallest absolute Gasteiger partial charge is 0.319 e. The van der Waals surface area contributed by atoms with Gasteiger partial charge in [-0.25, -0.2) is 18.6 Å². The molecule has 1 unspecified atom stereocenters. The molecule has 4 rings (SSSR count). The van der Waals surface area contributed by atoms with E-state index in [1.54, 1.807) is 18.3 Å². The monoisotopic (exact) mass is 398 g/mol. The van der Waals surface area contributed by atoms with Crippen LogP contribution in [0.5, 0.6) is 0 Å². The molecule has 3 amide bonds. The Labute approximate surface area is 163 Å². The third-order valence-corrected chi connectivity index (χ3v) is 4.92. The summed E-state index contributed by atoms with van der Waals surface area (Å²) in [6.45, 7) is 2.85. The number of benzene rings is 1. The van der Waals surface area contributed by atoms with Crippen molar-refractivity contribution in [3.05, 3.63) is 81.4 Å². The van der Waals surface area contributed by atoms with E-state index in [0.29, 0.717) is 5.65 Å². The highest BCUT2D eigenvalue weighted by Crippen LogP contribution is 2.31. The van der Waals surface area contributed by atoms with Crippen LogP contribution < -0.4 is 10.9 Å². The summed E-state index contributed by atoms with van der Waals surface area (Å²) in [5, 5.41) is 2.41. The third-order valence-electron chi connectivity index (χ3n) is 4.92. The van der Waals surface area contributed by atoms with E-state index in [0.717, 1.165) is 28.7 Å². The topological polar surface area (TPSA) is 83.8 Å². The van der Waals surface area contributed by atoms with Crippen LogP contribution in [0.25, 0.3) is 5.65 Å². The van der Waals surface area contributed by atoms with Crippen LogP contribution >= 0.6 is 0 Å². The predicted molar refractivity (Wildman–Crippen MR) is 99.0 cm³/mol. The first-order valence-corrected chi connectivity index (χ1v) is 8.77. The lowest BCUT2D eigenvalue weighted by Gasteiger charge is -2.22. The zero-order valence-electron chi connectivity index (χ0n) is 15.6. The fraction of sp³-hybridized carbons (Fsp3) is 0.200. The van der Waals surface area contributed by atoms with Crippen molar-refractivity contribution in [2.45, 2.75) is 25.9 Å². The third kappa shape index (κ3) is 3.04. The molecule has 1 atom stereocenters. The number of aromatic nitrogens is 2. The Kier molecular flexibility index (Phi) is 4.18. The number of halogens is 2. The summed E-state index contributed by atoms with van der Waals surface area (Å²) in [6.07, 6.45) is 1.63. The summed E-state index contributed by atoms with van der Waals surface area (Å²) in [4.78, 5) is 42.9. The van der Waals surface area contributed by atoms with Crippen molar-refractivity contribution in [2.24, 2.45) is 0 Å². The molecule has 0 spiro atoms. The zero-order chi connectivity index (χ0) is 20.9. The molecule has 0 radical (unpaired) electrons. The van der Waals surface area contributed by atoms with E-state index in [1.807, 2.05) is 6.92 Å². The van der Waals surface area contributed by atoms with Gasteiger partial charge < -0.3 is 5.32 Å². The molecule has 1 saturated heterocycles. The van der Waals surface area contributed by atoms with Gasteiger partial charge in [-0.05, 0) is 43.7 Å². The molecule has 0 bridgehead atoms. The summed E-state index contributed by atoms with van der Waals surface area (Å²) < 4.78 is 29.2. The number of rotatable bonds is 3. The predicted octanol–water partition coefficient (Wildman–Crippen LogP) is 2.25. The Hall–Kier alpha value is -3.62. The SMILES string of the molecule is Cc1ccc2nc(CN3C(=O)NC(C)(c4cc(F)ccc4F)C3=O)cc(=O)n2c1. The summed E-state index contributed by atoms with van der Waals surface area (Å²) in [6, 6.07) is 6.57. The zero-order valence-corrected chi connectivity index (χ0v) is 15.6. The van der Waals surface area contributed by atoms with Crippen molar-refractivity contribution < 1.29 is 18.4 Å². The van der Waals surface area contributed by atoms with E-state index < -0.39 is 29.1 Å². The van der Waals surface area contributed by atoms with Crippen LogP contribution in [0.3, 0.4) is 0 Å². The van der Waals surface area contributed by atoms with Gasteiger partial charge in [0.1, 0.15) is 22.8 Å². The molecule has 0 saturated carbocycles. The molecule has 1 fully saturated rings. The first-order chi connectivity index (χ1) is 13.7. The summed E-state index contributed by atoms with van der Waals surface area (Å²) in [5.41, 5.74) is -0.974. The first-order valence-electron chi connectivity index (χ1n) is 8.77. The van der Waals surface area contributed by atoms with E-state index in [1.165, 1.54) is 17.4 Å². The van der Waals surface area contributed by atoms with Gasteiger partial charge in [0.25, 0.3) is 11.5 Å². The minimum atomic E-state index is -1.77. The fourth-order valence-corrected chi connectivity index (χ4v) is 3.40. The molecule has 1 aromatic carbocycles. The number of carbonyl (C=O) groups excluding carboxylic acids is 2. The average molecular weight is 398 g/mol. The normalized spacial score (nSPS) is 19.1. The number of carbonyl (C=O) groups is 2. The van der Waals surface area contributed by atoms with E-state index in [4.69, 9.17) is 0 Å². The van der Waals surface area contributed by atoms with Crippen LogP contribution in [0.1, 0.15) is 23.7 Å². The summed E-state index contributed by atoms with van der Waals surface area (Å²) in [7, 11) is 0. The number of pyridine rings is 1. The highest BCUT2D eigenvalue weighted by atomic mass is 19.1. The van der Waals surface area contributed by atoms with Crippen LogP contribution in [-0.2, 0) is 16.9 Å². The molecule has 9 heteroatoms. The minimum absolute atomic E-state index is 0.200. The van der Waals surface area contributed by atoms with Gasteiger partial charge in [-0.1, -0.05) is 6.07 Å². The number of amides is 3. The van der Waals surface area contributed by atoms with Gasteiger partial charge in [0.2, 0.25) is 0 Å². The van der Waals surface area contributed by atoms with Crippen molar-refractivity contribution in [3.8, 4) is 0 Å². The van der Waals surface area contributed by atoms with Gasteiger partial charge in [0.15, 0.2) is 0 Å². The lowest BCUT2D eigenvalue weighted by molar-refractivity contribution is -0.131. The van der Waals surface area contributed by atoms with Crippen LogP contribution in [0.15, 0.2) is 47.4 Å².